The second kappa shape index (κ2) is 9.07. The maximum Gasteiger partial charge on any atom is 0.269 e. The summed E-state index contributed by atoms with van der Waals surface area (Å²) in [7, 11) is 0. The van der Waals surface area contributed by atoms with Gasteiger partial charge in [-0.2, -0.15) is 0 Å². The average Bonchev–Trinajstić information content (AvgIpc) is 3.33. The first-order valence-electron chi connectivity index (χ1n) is 9.16. The second-order valence-corrected chi connectivity index (χ2v) is 7.75. The van der Waals surface area contributed by atoms with Crippen LogP contribution in [-0.2, 0) is 0 Å². The minimum Gasteiger partial charge on any atom is -0.486 e. The summed E-state index contributed by atoms with van der Waals surface area (Å²) in [6.45, 7) is 0.849. The standard InChI is InChI=1S/C21H16ClN3O5S/c22-14-5-3-12(10-15(14)23-21(28)18-2-1-9-31-18)19(26)24-25-20(27)13-4-6-16-17(11-13)30-8-7-29-16/h1-6,9-11H,7-8H2,(H,23,28)(H,24,26)(H,25,27). The monoisotopic (exact) mass is 457 g/mol. The number of nitrogens with one attached hydrogen (secondary N) is 3. The van der Waals surface area contributed by atoms with Crippen molar-refractivity contribution in [1.29, 1.82) is 0 Å². The highest BCUT2D eigenvalue weighted by molar-refractivity contribution is 7.12. The van der Waals surface area contributed by atoms with Gasteiger partial charge in [0.1, 0.15) is 13.2 Å². The highest BCUT2D eigenvalue weighted by Crippen LogP contribution is 2.30. The Labute approximate surface area is 186 Å². The number of carbonyl (C=O) groups excluding carboxylic acids is 3. The molecule has 0 fully saturated rings. The maximum atomic E-state index is 12.5. The van der Waals surface area contributed by atoms with Gasteiger partial charge in [0.2, 0.25) is 0 Å². The molecule has 3 N–H and O–H groups in total. The van der Waals surface area contributed by atoms with Crippen LogP contribution in [0.4, 0.5) is 5.69 Å². The molecule has 0 saturated carbocycles. The van der Waals surface area contributed by atoms with E-state index in [1.54, 1.807) is 29.6 Å². The lowest BCUT2D eigenvalue weighted by atomic mass is 10.2. The lowest BCUT2D eigenvalue weighted by Crippen LogP contribution is -2.41. The summed E-state index contributed by atoms with van der Waals surface area (Å²) in [5.74, 6) is -0.403. The van der Waals surface area contributed by atoms with E-state index in [4.69, 9.17) is 21.1 Å². The quantitative estimate of drug-likeness (QED) is 0.520. The fraction of sp³-hybridized carbons (Fsp3) is 0.0952. The number of hydrogen-bond acceptors (Lipinski definition) is 6. The van der Waals surface area contributed by atoms with E-state index in [0.29, 0.717) is 35.2 Å². The molecule has 1 aromatic heterocycles. The van der Waals surface area contributed by atoms with Gasteiger partial charge in [0, 0.05) is 11.1 Å². The number of hydrogen-bond donors (Lipinski definition) is 3. The number of fused-ring (bicyclic) bond motifs is 1. The van der Waals surface area contributed by atoms with Gasteiger partial charge in [-0.05, 0) is 47.8 Å². The molecule has 158 valence electrons. The van der Waals surface area contributed by atoms with Crippen molar-refractivity contribution in [2.75, 3.05) is 18.5 Å². The average molecular weight is 458 g/mol. The molecule has 3 amide bonds. The molecule has 1 aliphatic rings. The molecule has 2 aromatic carbocycles. The molecule has 0 atom stereocenters. The number of carbonyl (C=O) groups is 3. The van der Waals surface area contributed by atoms with Crippen LogP contribution < -0.4 is 25.6 Å². The fourth-order valence-electron chi connectivity index (χ4n) is 2.80. The van der Waals surface area contributed by atoms with Crippen LogP contribution in [0, 0.1) is 0 Å². The number of rotatable bonds is 4. The molecule has 31 heavy (non-hydrogen) atoms. The summed E-state index contributed by atoms with van der Waals surface area (Å²) < 4.78 is 10.9. The first-order valence-corrected chi connectivity index (χ1v) is 10.4. The van der Waals surface area contributed by atoms with Crippen molar-refractivity contribution in [1.82, 2.24) is 10.9 Å². The van der Waals surface area contributed by atoms with Crippen molar-refractivity contribution < 1.29 is 23.9 Å². The van der Waals surface area contributed by atoms with Gasteiger partial charge in [-0.15, -0.1) is 11.3 Å². The molecule has 0 spiro atoms. The van der Waals surface area contributed by atoms with Crippen LogP contribution in [0.15, 0.2) is 53.9 Å². The van der Waals surface area contributed by atoms with Crippen molar-refractivity contribution in [2.24, 2.45) is 0 Å². The number of halogens is 1. The molecular weight excluding hydrogens is 442 g/mol. The lowest BCUT2D eigenvalue weighted by molar-refractivity contribution is 0.0846. The summed E-state index contributed by atoms with van der Waals surface area (Å²) in [5, 5.41) is 4.74. The molecule has 2 heterocycles. The van der Waals surface area contributed by atoms with Gasteiger partial charge in [-0.1, -0.05) is 17.7 Å². The number of benzene rings is 2. The zero-order valence-corrected chi connectivity index (χ0v) is 17.5. The van der Waals surface area contributed by atoms with E-state index in [-0.39, 0.29) is 22.2 Å². The Kier molecular flexibility index (Phi) is 6.06. The predicted octanol–water partition coefficient (Wildman–Crippen LogP) is 3.50. The van der Waals surface area contributed by atoms with Crippen molar-refractivity contribution in [3.05, 3.63) is 74.9 Å². The molecule has 0 saturated heterocycles. The Bertz CT molecular complexity index is 1150. The van der Waals surface area contributed by atoms with E-state index in [9.17, 15) is 14.4 Å². The Morgan fingerprint density at radius 1 is 0.839 bits per heavy atom. The van der Waals surface area contributed by atoms with Crippen LogP contribution in [0.1, 0.15) is 30.4 Å². The molecule has 0 unspecified atom stereocenters. The van der Waals surface area contributed by atoms with Crippen molar-refractivity contribution in [2.45, 2.75) is 0 Å². The summed E-state index contributed by atoms with van der Waals surface area (Å²) >= 11 is 7.42. The lowest BCUT2D eigenvalue weighted by Gasteiger charge is -2.18. The summed E-state index contributed by atoms with van der Waals surface area (Å²) in [5.41, 5.74) is 5.47. The molecule has 4 rings (SSSR count). The number of hydrazine groups is 1. The smallest absolute Gasteiger partial charge is 0.269 e. The first-order chi connectivity index (χ1) is 15.0. The Morgan fingerprint density at radius 3 is 2.23 bits per heavy atom. The van der Waals surface area contributed by atoms with Gasteiger partial charge >= 0.3 is 0 Å². The molecule has 1 aliphatic heterocycles. The van der Waals surface area contributed by atoms with Crippen molar-refractivity contribution in [3.8, 4) is 11.5 Å². The van der Waals surface area contributed by atoms with E-state index in [0.717, 1.165) is 0 Å². The number of anilines is 1. The third-order valence-corrected chi connectivity index (χ3v) is 5.51. The molecule has 0 radical (unpaired) electrons. The molecule has 3 aromatic rings. The Morgan fingerprint density at radius 2 is 1.52 bits per heavy atom. The minimum atomic E-state index is -0.575. The highest BCUT2D eigenvalue weighted by atomic mass is 35.5. The van der Waals surface area contributed by atoms with E-state index in [1.807, 2.05) is 0 Å². The number of amides is 3. The zero-order valence-electron chi connectivity index (χ0n) is 15.9. The number of ether oxygens (including phenoxy) is 2. The van der Waals surface area contributed by atoms with Crippen molar-refractivity contribution in [3.63, 3.8) is 0 Å². The van der Waals surface area contributed by atoms with E-state index in [2.05, 4.69) is 16.2 Å². The van der Waals surface area contributed by atoms with Gasteiger partial charge in [0.25, 0.3) is 17.7 Å². The van der Waals surface area contributed by atoms with Gasteiger partial charge in [-0.3, -0.25) is 25.2 Å². The highest BCUT2D eigenvalue weighted by Gasteiger charge is 2.17. The summed E-state index contributed by atoms with van der Waals surface area (Å²) in [6.07, 6.45) is 0. The van der Waals surface area contributed by atoms with Crippen LogP contribution in [0.3, 0.4) is 0 Å². The maximum absolute atomic E-state index is 12.5. The van der Waals surface area contributed by atoms with Gasteiger partial charge in [0.05, 0.1) is 15.6 Å². The summed E-state index contributed by atoms with van der Waals surface area (Å²) in [4.78, 5) is 37.6. The predicted molar refractivity (Wildman–Crippen MR) is 116 cm³/mol. The molecule has 10 heteroatoms. The van der Waals surface area contributed by atoms with E-state index >= 15 is 0 Å². The van der Waals surface area contributed by atoms with E-state index in [1.165, 1.54) is 35.6 Å². The third-order valence-electron chi connectivity index (χ3n) is 4.32. The Hall–Kier alpha value is -3.56. The second-order valence-electron chi connectivity index (χ2n) is 6.39. The van der Waals surface area contributed by atoms with Gasteiger partial charge in [-0.25, -0.2) is 0 Å². The Balaban J connectivity index is 1.40. The minimum absolute atomic E-state index is 0.202. The first kappa shape index (κ1) is 20.7. The van der Waals surface area contributed by atoms with Gasteiger partial charge < -0.3 is 14.8 Å². The van der Waals surface area contributed by atoms with Gasteiger partial charge in [0.15, 0.2) is 11.5 Å². The van der Waals surface area contributed by atoms with Crippen LogP contribution in [-0.4, -0.2) is 30.9 Å². The molecular formula is C21H16ClN3O5S. The number of thiophene rings is 1. The largest absolute Gasteiger partial charge is 0.486 e. The summed E-state index contributed by atoms with van der Waals surface area (Å²) in [6, 6.07) is 12.6. The van der Waals surface area contributed by atoms with Crippen LogP contribution in [0.2, 0.25) is 5.02 Å². The van der Waals surface area contributed by atoms with Crippen LogP contribution in [0.5, 0.6) is 11.5 Å². The third kappa shape index (κ3) is 4.79. The molecule has 0 aliphatic carbocycles. The molecule has 8 nitrogen and oxygen atoms in total. The van der Waals surface area contributed by atoms with Crippen LogP contribution >= 0.6 is 22.9 Å². The fourth-order valence-corrected chi connectivity index (χ4v) is 3.58. The SMILES string of the molecule is O=C(NNC(=O)c1ccc2c(c1)OCCO2)c1ccc(Cl)c(NC(=O)c2cccs2)c1. The molecule has 0 bridgehead atoms. The zero-order chi connectivity index (χ0) is 21.8. The van der Waals surface area contributed by atoms with E-state index < -0.39 is 11.8 Å². The normalized spacial score (nSPS) is 12.0. The topological polar surface area (TPSA) is 106 Å². The van der Waals surface area contributed by atoms with Crippen LogP contribution in [0.25, 0.3) is 0 Å². The van der Waals surface area contributed by atoms with Crippen molar-refractivity contribution >= 4 is 46.3 Å².